The van der Waals surface area contributed by atoms with Crippen LogP contribution in [0.3, 0.4) is 0 Å². The van der Waals surface area contributed by atoms with Gasteiger partial charge in [0.2, 0.25) is 0 Å². The van der Waals surface area contributed by atoms with E-state index in [2.05, 4.69) is 14.5 Å². The molecule has 4 heteroatoms. The Balaban J connectivity index is 1.68. The Labute approximate surface area is 114 Å². The first-order valence-corrected chi connectivity index (χ1v) is 7.48. The third-order valence-electron chi connectivity index (χ3n) is 4.32. The molecule has 0 bridgehead atoms. The van der Waals surface area contributed by atoms with Crippen LogP contribution in [0.25, 0.3) is 0 Å². The molecule has 1 unspecified atom stereocenters. The summed E-state index contributed by atoms with van der Waals surface area (Å²) < 4.78 is 2.33. The van der Waals surface area contributed by atoms with Crippen LogP contribution in [0.5, 0.6) is 0 Å². The van der Waals surface area contributed by atoms with Gasteiger partial charge in [-0.3, -0.25) is 9.69 Å². The van der Waals surface area contributed by atoms with Gasteiger partial charge in [-0.25, -0.2) is 4.98 Å². The fourth-order valence-electron chi connectivity index (χ4n) is 3.18. The highest BCUT2D eigenvalue weighted by Crippen LogP contribution is 2.36. The number of nitrogens with zero attached hydrogens (tertiary/aromatic N) is 3. The number of hydrogen-bond donors (Lipinski definition) is 0. The monoisotopic (exact) mass is 261 g/mol. The van der Waals surface area contributed by atoms with E-state index in [-0.39, 0.29) is 0 Å². The SMILES string of the molecule is CC(=O)CC1CCCCN1Cc1cncn1C1CC1. The number of Topliss-reactive ketones (excluding diaryl/α,β-unsaturated/α-hetero) is 1. The molecule has 3 rings (SSSR count). The highest BCUT2D eigenvalue weighted by molar-refractivity contribution is 5.76. The summed E-state index contributed by atoms with van der Waals surface area (Å²) in [4.78, 5) is 18.2. The van der Waals surface area contributed by atoms with Crippen LogP contribution in [-0.4, -0.2) is 32.8 Å². The molecule has 0 radical (unpaired) electrons. The topological polar surface area (TPSA) is 38.1 Å². The number of ketones is 1. The van der Waals surface area contributed by atoms with Crippen LogP contribution < -0.4 is 0 Å². The van der Waals surface area contributed by atoms with Gasteiger partial charge in [0, 0.05) is 31.2 Å². The zero-order valence-electron chi connectivity index (χ0n) is 11.7. The van der Waals surface area contributed by atoms with Gasteiger partial charge in [-0.05, 0) is 39.2 Å². The van der Waals surface area contributed by atoms with E-state index in [1.165, 1.54) is 31.4 Å². The van der Waals surface area contributed by atoms with Crippen molar-refractivity contribution in [2.75, 3.05) is 6.54 Å². The molecule has 4 nitrogen and oxygen atoms in total. The zero-order valence-corrected chi connectivity index (χ0v) is 11.7. The number of carbonyl (C=O) groups is 1. The highest BCUT2D eigenvalue weighted by Gasteiger charge is 2.28. The van der Waals surface area contributed by atoms with E-state index in [0.29, 0.717) is 24.3 Å². The summed E-state index contributed by atoms with van der Waals surface area (Å²) in [7, 11) is 0. The Hall–Kier alpha value is -1.16. The maximum Gasteiger partial charge on any atom is 0.131 e. The van der Waals surface area contributed by atoms with Gasteiger partial charge < -0.3 is 4.57 Å². The molecule has 0 N–H and O–H groups in total. The third-order valence-corrected chi connectivity index (χ3v) is 4.32. The van der Waals surface area contributed by atoms with Gasteiger partial charge in [0.15, 0.2) is 0 Å². The first-order chi connectivity index (χ1) is 9.24. The van der Waals surface area contributed by atoms with E-state index < -0.39 is 0 Å². The van der Waals surface area contributed by atoms with Crippen molar-refractivity contribution in [1.82, 2.24) is 14.5 Å². The zero-order chi connectivity index (χ0) is 13.2. The van der Waals surface area contributed by atoms with Crippen LogP contribution in [0.15, 0.2) is 12.5 Å². The van der Waals surface area contributed by atoms with Crippen molar-refractivity contribution in [2.45, 2.75) is 64.1 Å². The molecule has 2 fully saturated rings. The van der Waals surface area contributed by atoms with Gasteiger partial charge >= 0.3 is 0 Å². The summed E-state index contributed by atoms with van der Waals surface area (Å²) >= 11 is 0. The molecule has 1 aromatic rings. The molecule has 2 aliphatic rings. The lowest BCUT2D eigenvalue weighted by molar-refractivity contribution is -0.118. The van der Waals surface area contributed by atoms with Gasteiger partial charge in [-0.1, -0.05) is 6.42 Å². The summed E-state index contributed by atoms with van der Waals surface area (Å²) in [6, 6.07) is 1.13. The number of carbonyl (C=O) groups excluding carboxylic acids is 1. The smallest absolute Gasteiger partial charge is 0.131 e. The number of hydrogen-bond acceptors (Lipinski definition) is 3. The molecule has 1 saturated heterocycles. The Morgan fingerprint density at radius 3 is 2.95 bits per heavy atom. The Bertz CT molecular complexity index is 450. The lowest BCUT2D eigenvalue weighted by Crippen LogP contribution is -2.40. The second-order valence-corrected chi connectivity index (χ2v) is 6.05. The quantitative estimate of drug-likeness (QED) is 0.817. The Morgan fingerprint density at radius 2 is 2.21 bits per heavy atom. The average molecular weight is 261 g/mol. The molecule has 1 aliphatic carbocycles. The number of piperidine rings is 1. The maximum absolute atomic E-state index is 11.4. The summed E-state index contributed by atoms with van der Waals surface area (Å²) in [6.45, 7) is 3.78. The normalized spacial score (nSPS) is 24.6. The van der Waals surface area contributed by atoms with Gasteiger partial charge in [0.05, 0.1) is 12.0 Å². The van der Waals surface area contributed by atoms with E-state index in [1.807, 2.05) is 12.5 Å². The van der Waals surface area contributed by atoms with Gasteiger partial charge in [-0.2, -0.15) is 0 Å². The summed E-state index contributed by atoms with van der Waals surface area (Å²) in [5.74, 6) is 0.313. The molecule has 1 aromatic heterocycles. The van der Waals surface area contributed by atoms with Crippen molar-refractivity contribution in [3.63, 3.8) is 0 Å². The molecular formula is C15H23N3O. The predicted octanol–water partition coefficient (Wildman–Crippen LogP) is 2.55. The number of likely N-dealkylation sites (tertiary alicyclic amines) is 1. The van der Waals surface area contributed by atoms with Crippen LogP contribution >= 0.6 is 0 Å². The Kier molecular flexibility index (Phi) is 3.69. The Morgan fingerprint density at radius 1 is 1.37 bits per heavy atom. The molecule has 2 heterocycles. The van der Waals surface area contributed by atoms with Crippen LogP contribution in [-0.2, 0) is 11.3 Å². The molecular weight excluding hydrogens is 238 g/mol. The minimum atomic E-state index is 0.313. The average Bonchev–Trinajstić information content (AvgIpc) is 3.12. The molecule has 0 spiro atoms. The van der Waals surface area contributed by atoms with Crippen LogP contribution in [0.1, 0.15) is 57.2 Å². The van der Waals surface area contributed by atoms with Gasteiger partial charge in [0.25, 0.3) is 0 Å². The van der Waals surface area contributed by atoms with E-state index in [1.54, 1.807) is 6.92 Å². The minimum Gasteiger partial charge on any atom is -0.330 e. The molecule has 104 valence electrons. The van der Waals surface area contributed by atoms with Crippen LogP contribution in [0, 0.1) is 0 Å². The summed E-state index contributed by atoms with van der Waals surface area (Å²) in [5.41, 5.74) is 1.32. The molecule has 0 aromatic carbocycles. The third kappa shape index (κ3) is 3.06. The molecule has 0 amide bonds. The van der Waals surface area contributed by atoms with Crippen molar-refractivity contribution in [3.05, 3.63) is 18.2 Å². The number of rotatable bonds is 5. The van der Waals surface area contributed by atoms with Crippen molar-refractivity contribution in [1.29, 1.82) is 0 Å². The first kappa shape index (κ1) is 12.9. The fourth-order valence-corrected chi connectivity index (χ4v) is 3.18. The lowest BCUT2D eigenvalue weighted by atomic mass is 9.97. The number of imidazole rings is 1. The van der Waals surface area contributed by atoms with Crippen molar-refractivity contribution in [3.8, 4) is 0 Å². The van der Waals surface area contributed by atoms with Crippen molar-refractivity contribution < 1.29 is 4.79 Å². The van der Waals surface area contributed by atoms with Crippen molar-refractivity contribution >= 4 is 5.78 Å². The van der Waals surface area contributed by atoms with E-state index in [4.69, 9.17) is 0 Å². The van der Waals surface area contributed by atoms with E-state index in [0.717, 1.165) is 19.5 Å². The van der Waals surface area contributed by atoms with Crippen LogP contribution in [0.4, 0.5) is 0 Å². The predicted molar refractivity (Wildman–Crippen MR) is 73.8 cm³/mol. The molecule has 19 heavy (non-hydrogen) atoms. The number of aromatic nitrogens is 2. The standard InChI is InChI=1S/C15H23N3O/c1-12(19)8-14-4-2-3-7-17(14)10-15-9-16-11-18(15)13-5-6-13/h9,11,13-14H,2-8,10H2,1H3. The van der Waals surface area contributed by atoms with Crippen LogP contribution in [0.2, 0.25) is 0 Å². The largest absolute Gasteiger partial charge is 0.330 e. The van der Waals surface area contributed by atoms with Crippen molar-refractivity contribution in [2.24, 2.45) is 0 Å². The molecule has 1 atom stereocenters. The summed E-state index contributed by atoms with van der Waals surface area (Å²) in [5, 5.41) is 0. The van der Waals surface area contributed by atoms with E-state index >= 15 is 0 Å². The van der Waals surface area contributed by atoms with Gasteiger partial charge in [0.1, 0.15) is 5.78 Å². The fraction of sp³-hybridized carbons (Fsp3) is 0.733. The minimum absolute atomic E-state index is 0.313. The van der Waals surface area contributed by atoms with Gasteiger partial charge in [-0.15, -0.1) is 0 Å². The van der Waals surface area contributed by atoms with E-state index in [9.17, 15) is 4.79 Å². The second-order valence-electron chi connectivity index (χ2n) is 6.05. The maximum atomic E-state index is 11.4. The molecule has 1 aliphatic heterocycles. The first-order valence-electron chi connectivity index (χ1n) is 7.48. The molecule has 1 saturated carbocycles. The highest BCUT2D eigenvalue weighted by atomic mass is 16.1. The second kappa shape index (κ2) is 5.45. The lowest BCUT2D eigenvalue weighted by Gasteiger charge is -2.35. The summed E-state index contributed by atoms with van der Waals surface area (Å²) in [6.07, 6.45) is 10.9.